The average Bonchev–Trinajstić information content (AvgIpc) is 3.17. The zero-order valence-electron chi connectivity index (χ0n) is 11.4. The quantitative estimate of drug-likeness (QED) is 0.838. The summed E-state index contributed by atoms with van der Waals surface area (Å²) in [5, 5.41) is 11.6. The lowest BCUT2D eigenvalue weighted by atomic mass is 10.00. The number of rotatable bonds is 6. The van der Waals surface area contributed by atoms with Gasteiger partial charge in [-0.2, -0.15) is 0 Å². The highest BCUT2D eigenvalue weighted by Crippen LogP contribution is 2.35. The number of aryl methyl sites for hydroxylation is 1. The third kappa shape index (κ3) is 3.35. The van der Waals surface area contributed by atoms with Gasteiger partial charge >= 0.3 is 5.97 Å². The van der Waals surface area contributed by atoms with Gasteiger partial charge in [0.25, 0.3) is 0 Å². The summed E-state index contributed by atoms with van der Waals surface area (Å²) in [6, 6.07) is 6.28. The van der Waals surface area contributed by atoms with Crippen LogP contribution in [0.1, 0.15) is 31.7 Å². The molecule has 2 N–H and O–H groups in total. The van der Waals surface area contributed by atoms with Crippen LogP contribution in [0, 0.1) is 11.7 Å². The maximum absolute atomic E-state index is 13.0. The Morgan fingerprint density at radius 1 is 1.45 bits per heavy atom. The van der Waals surface area contributed by atoms with Gasteiger partial charge in [0.05, 0.1) is 0 Å². The van der Waals surface area contributed by atoms with E-state index in [0.717, 1.165) is 5.56 Å². The van der Waals surface area contributed by atoms with Crippen molar-refractivity contribution in [2.24, 2.45) is 5.92 Å². The van der Waals surface area contributed by atoms with Crippen molar-refractivity contribution in [3.63, 3.8) is 0 Å². The van der Waals surface area contributed by atoms with E-state index >= 15 is 0 Å². The van der Waals surface area contributed by atoms with E-state index in [9.17, 15) is 14.0 Å². The van der Waals surface area contributed by atoms with Gasteiger partial charge in [-0.15, -0.1) is 0 Å². The van der Waals surface area contributed by atoms with Crippen LogP contribution in [0.5, 0.6) is 0 Å². The second-order valence-electron chi connectivity index (χ2n) is 5.45. The molecule has 0 spiro atoms. The minimum absolute atomic E-state index is 0.249. The lowest BCUT2D eigenvalue weighted by Crippen LogP contribution is -2.45. The van der Waals surface area contributed by atoms with Crippen LogP contribution in [0.3, 0.4) is 0 Å². The Kier molecular flexibility index (Phi) is 4.06. The Bertz CT molecular complexity index is 526. The predicted molar refractivity (Wildman–Crippen MR) is 71.6 cm³/mol. The summed E-state index contributed by atoms with van der Waals surface area (Å²) >= 11 is 0. The van der Waals surface area contributed by atoms with E-state index in [1.165, 1.54) is 12.1 Å². The first-order chi connectivity index (χ1) is 9.43. The Balaban J connectivity index is 1.84. The van der Waals surface area contributed by atoms with Crippen LogP contribution in [-0.4, -0.2) is 22.5 Å². The van der Waals surface area contributed by atoms with Gasteiger partial charge in [0.1, 0.15) is 11.4 Å². The molecule has 1 atom stereocenters. The molecule has 0 aromatic heterocycles. The number of nitrogens with one attached hydrogen (secondary N) is 1. The Morgan fingerprint density at radius 2 is 2.15 bits per heavy atom. The van der Waals surface area contributed by atoms with Crippen molar-refractivity contribution in [3.05, 3.63) is 35.6 Å². The van der Waals surface area contributed by atoms with Gasteiger partial charge in [-0.05, 0) is 43.4 Å². The van der Waals surface area contributed by atoms with Crippen LogP contribution in [0.15, 0.2) is 24.3 Å². The lowest BCUT2D eigenvalue weighted by molar-refractivity contribution is -0.143. The monoisotopic (exact) mass is 279 g/mol. The highest BCUT2D eigenvalue weighted by atomic mass is 19.1. The van der Waals surface area contributed by atoms with Gasteiger partial charge in [-0.1, -0.05) is 19.1 Å². The van der Waals surface area contributed by atoms with E-state index in [-0.39, 0.29) is 17.6 Å². The Hall–Kier alpha value is -1.91. The van der Waals surface area contributed by atoms with Crippen LogP contribution >= 0.6 is 0 Å². The average molecular weight is 279 g/mol. The van der Waals surface area contributed by atoms with Gasteiger partial charge in [0, 0.05) is 5.92 Å². The minimum atomic E-state index is -1.04. The molecule has 5 heteroatoms. The largest absolute Gasteiger partial charge is 0.480 e. The molecule has 0 bridgehead atoms. The van der Waals surface area contributed by atoms with Crippen LogP contribution < -0.4 is 5.32 Å². The summed E-state index contributed by atoms with van der Waals surface area (Å²) in [5.41, 5.74) is -0.200. The summed E-state index contributed by atoms with van der Waals surface area (Å²) in [7, 11) is 0. The second kappa shape index (κ2) is 5.61. The normalized spacial score (nSPS) is 17.3. The van der Waals surface area contributed by atoms with E-state index in [0.29, 0.717) is 25.7 Å². The number of carboxylic acid groups (broad SMARTS) is 1. The molecule has 1 fully saturated rings. The summed E-state index contributed by atoms with van der Waals surface area (Å²) in [6.45, 7) is 1.76. The molecule has 1 amide bonds. The van der Waals surface area contributed by atoms with Crippen molar-refractivity contribution < 1.29 is 19.1 Å². The Morgan fingerprint density at radius 3 is 2.70 bits per heavy atom. The maximum Gasteiger partial charge on any atom is 0.329 e. The Labute approximate surface area is 117 Å². The van der Waals surface area contributed by atoms with Gasteiger partial charge < -0.3 is 10.4 Å². The third-order valence-corrected chi connectivity index (χ3v) is 3.72. The first-order valence-electron chi connectivity index (χ1n) is 6.73. The minimum Gasteiger partial charge on any atom is -0.480 e. The fourth-order valence-corrected chi connectivity index (χ4v) is 2.08. The molecule has 0 aliphatic heterocycles. The molecule has 1 saturated carbocycles. The van der Waals surface area contributed by atoms with E-state index in [1.807, 2.05) is 6.07 Å². The molecule has 1 aromatic rings. The number of aliphatic carboxylic acids is 1. The number of carbonyl (C=O) groups excluding carboxylic acids is 1. The van der Waals surface area contributed by atoms with Gasteiger partial charge in [0.15, 0.2) is 0 Å². The van der Waals surface area contributed by atoms with Gasteiger partial charge in [-0.25, -0.2) is 9.18 Å². The van der Waals surface area contributed by atoms with Crippen LogP contribution in [0.25, 0.3) is 0 Å². The van der Waals surface area contributed by atoms with Crippen molar-refractivity contribution >= 4 is 11.9 Å². The summed E-state index contributed by atoms with van der Waals surface area (Å²) in [5.74, 6) is -1.80. The number of benzene rings is 1. The number of amides is 1. The van der Waals surface area contributed by atoms with Crippen LogP contribution in [0.4, 0.5) is 4.39 Å². The molecule has 0 saturated heterocycles. The number of halogens is 1. The molecular weight excluding hydrogens is 261 g/mol. The molecule has 1 aliphatic carbocycles. The van der Waals surface area contributed by atoms with Crippen molar-refractivity contribution in [1.82, 2.24) is 5.32 Å². The number of carbonyl (C=O) groups is 2. The van der Waals surface area contributed by atoms with E-state index < -0.39 is 11.5 Å². The topological polar surface area (TPSA) is 66.4 Å². The lowest BCUT2D eigenvalue weighted by Gasteiger charge is -2.16. The molecule has 2 rings (SSSR count). The number of carboxylic acids is 1. The summed E-state index contributed by atoms with van der Waals surface area (Å²) in [4.78, 5) is 22.9. The predicted octanol–water partition coefficient (Wildman–Crippen LogP) is 2.13. The zero-order valence-corrected chi connectivity index (χ0v) is 11.4. The van der Waals surface area contributed by atoms with E-state index in [1.54, 1.807) is 13.0 Å². The van der Waals surface area contributed by atoms with Crippen molar-refractivity contribution in [3.8, 4) is 0 Å². The molecule has 20 heavy (non-hydrogen) atoms. The highest BCUT2D eigenvalue weighted by molar-refractivity contribution is 5.90. The molecule has 1 aliphatic rings. The van der Waals surface area contributed by atoms with Gasteiger partial charge in [-0.3, -0.25) is 4.79 Å². The fraction of sp³-hybridized carbons (Fsp3) is 0.467. The fourth-order valence-electron chi connectivity index (χ4n) is 2.08. The number of hydrogen-bond acceptors (Lipinski definition) is 2. The molecule has 108 valence electrons. The number of hydrogen-bond donors (Lipinski definition) is 2. The van der Waals surface area contributed by atoms with Crippen molar-refractivity contribution in [2.75, 3.05) is 0 Å². The van der Waals surface area contributed by atoms with Crippen LogP contribution in [-0.2, 0) is 16.0 Å². The standard InChI is InChI=1S/C15H18FNO3/c1-10(5-6-11-3-2-4-12(16)9-11)13(18)17-15(7-8-15)14(19)20/h2-4,9-10H,5-8H2,1H3,(H,17,18)(H,19,20). The van der Waals surface area contributed by atoms with Crippen LogP contribution in [0.2, 0.25) is 0 Å². The smallest absolute Gasteiger partial charge is 0.329 e. The SMILES string of the molecule is CC(CCc1cccc(F)c1)C(=O)NC1(C(=O)O)CC1. The summed E-state index contributed by atoms with van der Waals surface area (Å²) in [6.07, 6.45) is 2.13. The van der Waals surface area contributed by atoms with Crippen molar-refractivity contribution in [1.29, 1.82) is 0 Å². The van der Waals surface area contributed by atoms with E-state index in [2.05, 4.69) is 5.32 Å². The zero-order chi connectivity index (χ0) is 14.8. The van der Waals surface area contributed by atoms with E-state index in [4.69, 9.17) is 5.11 Å². The molecule has 0 heterocycles. The molecule has 4 nitrogen and oxygen atoms in total. The first kappa shape index (κ1) is 14.5. The molecule has 1 unspecified atom stereocenters. The van der Waals surface area contributed by atoms with Crippen molar-refractivity contribution in [2.45, 2.75) is 38.1 Å². The highest BCUT2D eigenvalue weighted by Gasteiger charge is 2.51. The first-order valence-corrected chi connectivity index (χ1v) is 6.73. The summed E-state index contributed by atoms with van der Waals surface area (Å²) < 4.78 is 13.0. The maximum atomic E-state index is 13.0. The molecule has 1 aromatic carbocycles. The molecule has 0 radical (unpaired) electrons. The van der Waals surface area contributed by atoms with Gasteiger partial charge in [0.2, 0.25) is 5.91 Å². The second-order valence-corrected chi connectivity index (χ2v) is 5.45. The third-order valence-electron chi connectivity index (χ3n) is 3.72. The molecular formula is C15H18FNO3.